The van der Waals surface area contributed by atoms with Gasteiger partial charge in [0.1, 0.15) is 0 Å². The highest BCUT2D eigenvalue weighted by atomic mass is 15.3. The Morgan fingerprint density at radius 3 is 1.75 bits per heavy atom. The van der Waals surface area contributed by atoms with E-state index >= 15 is 0 Å². The van der Waals surface area contributed by atoms with Gasteiger partial charge in [0.15, 0.2) is 0 Å². The molecule has 2 aromatic carbocycles. The maximum Gasteiger partial charge on any atom is 0.0786 e. The molecule has 1 nitrogen and oxygen atoms in total. The molecule has 0 aliphatic carbocycles. The average molecular weight is 383 g/mol. The molecule has 2 aromatic rings. The molecule has 0 saturated carbocycles. The fourth-order valence-electron chi connectivity index (χ4n) is 4.66. The molecular formula is C27H44N+. The number of nitrogens with zero attached hydrogens (tertiary/aromatic N) is 1. The van der Waals surface area contributed by atoms with E-state index in [4.69, 9.17) is 0 Å². The Labute approximate surface area is 174 Å². The monoisotopic (exact) mass is 382 g/mol. The Bertz CT molecular complexity index is 643. The van der Waals surface area contributed by atoms with E-state index in [-0.39, 0.29) is 0 Å². The molecule has 0 aromatic heterocycles. The number of aryl methyl sites for hydroxylation is 1. The molecule has 0 aliphatic heterocycles. The van der Waals surface area contributed by atoms with Crippen molar-refractivity contribution in [1.29, 1.82) is 0 Å². The third-order valence-corrected chi connectivity index (χ3v) is 6.97. The van der Waals surface area contributed by atoms with Crippen LogP contribution in [0.3, 0.4) is 0 Å². The number of unbranched alkanes of at least 4 members (excludes halogenated alkanes) is 8. The number of benzene rings is 2. The van der Waals surface area contributed by atoms with Crippen molar-refractivity contribution in [2.45, 2.75) is 85.0 Å². The molecule has 0 aliphatic rings. The summed E-state index contributed by atoms with van der Waals surface area (Å²) in [5.41, 5.74) is 1.53. The van der Waals surface area contributed by atoms with Crippen LogP contribution in [0.5, 0.6) is 0 Å². The summed E-state index contributed by atoms with van der Waals surface area (Å²) >= 11 is 0. The second-order valence-corrected chi connectivity index (χ2v) is 8.58. The second kappa shape index (κ2) is 13.0. The van der Waals surface area contributed by atoms with E-state index in [2.05, 4.69) is 63.2 Å². The lowest BCUT2D eigenvalue weighted by Gasteiger charge is -2.35. The topological polar surface area (TPSA) is 0 Å². The van der Waals surface area contributed by atoms with Crippen LogP contribution >= 0.6 is 0 Å². The van der Waals surface area contributed by atoms with Gasteiger partial charge in [-0.05, 0) is 62.8 Å². The minimum absolute atomic E-state index is 1.23. The third kappa shape index (κ3) is 7.24. The van der Waals surface area contributed by atoms with Gasteiger partial charge in [0.25, 0.3) is 0 Å². The molecule has 0 unspecified atom stereocenters. The lowest BCUT2D eigenvalue weighted by Crippen LogP contribution is -2.48. The highest BCUT2D eigenvalue weighted by Gasteiger charge is 2.19. The summed E-state index contributed by atoms with van der Waals surface area (Å²) in [5, 5.41) is 2.83. The summed E-state index contributed by atoms with van der Waals surface area (Å²) in [6.45, 7) is 12.3. The van der Waals surface area contributed by atoms with Crippen molar-refractivity contribution in [3.63, 3.8) is 0 Å². The largest absolute Gasteiger partial charge is 0.324 e. The zero-order valence-corrected chi connectivity index (χ0v) is 18.9. The van der Waals surface area contributed by atoms with Crippen molar-refractivity contribution in [3.05, 3.63) is 48.0 Å². The predicted octanol–water partition coefficient (Wildman–Crippen LogP) is 7.77. The molecular weight excluding hydrogens is 338 g/mol. The van der Waals surface area contributed by atoms with Crippen molar-refractivity contribution in [2.24, 2.45) is 0 Å². The Morgan fingerprint density at radius 1 is 0.571 bits per heavy atom. The highest BCUT2D eigenvalue weighted by molar-refractivity contribution is 5.85. The van der Waals surface area contributed by atoms with Crippen LogP contribution in [0.4, 0.5) is 0 Å². The summed E-state index contributed by atoms with van der Waals surface area (Å²) in [5.74, 6) is 0. The second-order valence-electron chi connectivity index (χ2n) is 8.58. The third-order valence-electron chi connectivity index (χ3n) is 6.97. The van der Waals surface area contributed by atoms with E-state index in [0.29, 0.717) is 0 Å². The molecule has 0 spiro atoms. The number of hydrogen-bond acceptors (Lipinski definition) is 0. The summed E-state index contributed by atoms with van der Waals surface area (Å²) in [4.78, 5) is 0. The van der Waals surface area contributed by atoms with Crippen LogP contribution < -0.4 is 0 Å². The number of fused-ring (bicyclic) bond motifs is 1. The van der Waals surface area contributed by atoms with E-state index in [9.17, 15) is 0 Å². The Hall–Kier alpha value is -1.34. The molecule has 0 atom stereocenters. The molecule has 0 amide bonds. The van der Waals surface area contributed by atoms with Gasteiger partial charge in [0.05, 0.1) is 26.2 Å². The van der Waals surface area contributed by atoms with Crippen LogP contribution in [-0.2, 0) is 6.42 Å². The predicted molar refractivity (Wildman–Crippen MR) is 126 cm³/mol. The molecule has 0 saturated heterocycles. The molecule has 1 heteroatoms. The van der Waals surface area contributed by atoms with Gasteiger partial charge in [-0.15, -0.1) is 0 Å². The van der Waals surface area contributed by atoms with Crippen LogP contribution in [0.15, 0.2) is 42.5 Å². The van der Waals surface area contributed by atoms with Crippen LogP contribution in [0.1, 0.15) is 84.1 Å². The van der Waals surface area contributed by atoms with Gasteiger partial charge in [-0.1, -0.05) is 81.0 Å². The van der Waals surface area contributed by atoms with E-state index in [1.54, 1.807) is 0 Å². The molecule has 2 rings (SSSR count). The highest BCUT2D eigenvalue weighted by Crippen LogP contribution is 2.21. The first-order valence-corrected chi connectivity index (χ1v) is 12.1. The Balaban J connectivity index is 1.49. The SMILES string of the molecule is CC[N+](CC)(CC)CCCCCCCCCCCc1cccc2ccccc12. The first-order valence-electron chi connectivity index (χ1n) is 12.1. The van der Waals surface area contributed by atoms with E-state index < -0.39 is 0 Å². The summed E-state index contributed by atoms with van der Waals surface area (Å²) < 4.78 is 1.32. The Morgan fingerprint density at radius 2 is 1.11 bits per heavy atom. The zero-order valence-electron chi connectivity index (χ0n) is 18.9. The van der Waals surface area contributed by atoms with Crippen LogP contribution in [-0.4, -0.2) is 30.7 Å². The lowest BCUT2D eigenvalue weighted by atomic mass is 9.99. The van der Waals surface area contributed by atoms with Gasteiger partial charge >= 0.3 is 0 Å². The van der Waals surface area contributed by atoms with Crippen molar-refractivity contribution < 1.29 is 4.48 Å². The van der Waals surface area contributed by atoms with Gasteiger partial charge in [-0.3, -0.25) is 0 Å². The zero-order chi connectivity index (χ0) is 20.1. The smallest absolute Gasteiger partial charge is 0.0786 e. The molecule has 0 heterocycles. The van der Waals surface area contributed by atoms with Gasteiger partial charge in [0, 0.05) is 0 Å². The van der Waals surface area contributed by atoms with Crippen molar-refractivity contribution in [1.82, 2.24) is 0 Å². The maximum absolute atomic E-state index is 2.35. The van der Waals surface area contributed by atoms with Gasteiger partial charge < -0.3 is 4.48 Å². The fourth-order valence-corrected chi connectivity index (χ4v) is 4.66. The van der Waals surface area contributed by atoms with Gasteiger partial charge in [-0.2, -0.15) is 0 Å². The normalized spacial score (nSPS) is 12.0. The van der Waals surface area contributed by atoms with Crippen molar-refractivity contribution in [3.8, 4) is 0 Å². The minimum atomic E-state index is 1.23. The van der Waals surface area contributed by atoms with Crippen LogP contribution in [0.2, 0.25) is 0 Å². The molecule has 156 valence electrons. The van der Waals surface area contributed by atoms with Crippen molar-refractivity contribution >= 4 is 10.8 Å². The lowest BCUT2D eigenvalue weighted by molar-refractivity contribution is -0.923. The molecule has 0 bridgehead atoms. The number of hydrogen-bond donors (Lipinski definition) is 0. The quantitative estimate of drug-likeness (QED) is 0.218. The minimum Gasteiger partial charge on any atom is -0.324 e. The standard InChI is InChI=1S/C27H44N/c1-4-28(5-2,6-3)24-17-13-11-9-7-8-10-12-14-19-25-21-18-22-26-20-15-16-23-27(25)26/h15-16,18,20-23H,4-14,17,19,24H2,1-3H3/q+1. The average Bonchev–Trinajstić information content (AvgIpc) is 2.75. The number of rotatable bonds is 15. The van der Waals surface area contributed by atoms with Crippen LogP contribution in [0, 0.1) is 0 Å². The summed E-state index contributed by atoms with van der Waals surface area (Å²) in [6, 6.07) is 15.5. The van der Waals surface area contributed by atoms with Crippen molar-refractivity contribution in [2.75, 3.05) is 26.2 Å². The first-order chi connectivity index (χ1) is 13.7. The summed E-state index contributed by atoms with van der Waals surface area (Å²) in [7, 11) is 0. The number of quaternary nitrogens is 1. The van der Waals surface area contributed by atoms with E-state index in [1.807, 2.05) is 0 Å². The van der Waals surface area contributed by atoms with Crippen LogP contribution in [0.25, 0.3) is 10.8 Å². The van der Waals surface area contributed by atoms with E-state index in [1.165, 1.54) is 111 Å². The first kappa shape index (κ1) is 22.9. The molecule has 0 N–H and O–H groups in total. The maximum atomic E-state index is 2.35. The van der Waals surface area contributed by atoms with Gasteiger partial charge in [0.2, 0.25) is 0 Å². The Kier molecular flexibility index (Phi) is 10.6. The molecule has 0 fully saturated rings. The van der Waals surface area contributed by atoms with Gasteiger partial charge in [-0.25, -0.2) is 0 Å². The summed E-state index contributed by atoms with van der Waals surface area (Å²) in [6.07, 6.45) is 13.9. The fraction of sp³-hybridized carbons (Fsp3) is 0.630. The molecule has 28 heavy (non-hydrogen) atoms. The van der Waals surface area contributed by atoms with E-state index in [0.717, 1.165) is 0 Å². The molecule has 0 radical (unpaired) electrons.